The van der Waals surface area contributed by atoms with E-state index < -0.39 is 6.67 Å². The summed E-state index contributed by atoms with van der Waals surface area (Å²) in [7, 11) is 3.04. The Bertz CT molecular complexity index is 1250. The maximum absolute atomic E-state index is 13.4. The number of rotatable bonds is 9. The quantitative estimate of drug-likeness (QED) is 0.475. The first-order valence-corrected chi connectivity index (χ1v) is 11.8. The van der Waals surface area contributed by atoms with Crippen LogP contribution < -0.4 is 25.0 Å². The summed E-state index contributed by atoms with van der Waals surface area (Å²) >= 11 is 0. The molecule has 0 aromatic heterocycles. The molecular weight excluding hydrogens is 461 g/mol. The van der Waals surface area contributed by atoms with Crippen molar-refractivity contribution < 1.29 is 23.5 Å². The molecule has 0 atom stereocenters. The highest BCUT2D eigenvalue weighted by Gasteiger charge is 2.20. The number of methoxy groups -OCH3 is 2. The number of amides is 2. The van der Waals surface area contributed by atoms with Gasteiger partial charge in [-0.1, -0.05) is 18.2 Å². The molecule has 1 heterocycles. The van der Waals surface area contributed by atoms with Crippen molar-refractivity contribution in [2.24, 2.45) is 0 Å². The van der Waals surface area contributed by atoms with E-state index in [4.69, 9.17) is 9.47 Å². The monoisotopic (exact) mass is 491 g/mol. The molecule has 7 nitrogen and oxygen atoms in total. The first-order chi connectivity index (χ1) is 17.5. The molecule has 0 unspecified atom stereocenters. The van der Waals surface area contributed by atoms with Gasteiger partial charge in [0.25, 0.3) is 11.8 Å². The van der Waals surface area contributed by atoms with Gasteiger partial charge in [0.1, 0.15) is 6.67 Å². The van der Waals surface area contributed by atoms with Gasteiger partial charge in [-0.2, -0.15) is 0 Å². The molecule has 1 aliphatic rings. The molecule has 0 bridgehead atoms. The van der Waals surface area contributed by atoms with E-state index in [1.807, 2.05) is 24.3 Å². The van der Waals surface area contributed by atoms with Crippen LogP contribution in [0.15, 0.2) is 60.7 Å². The molecule has 2 N–H and O–H groups in total. The zero-order chi connectivity index (χ0) is 25.5. The lowest BCUT2D eigenvalue weighted by Gasteiger charge is -2.25. The highest BCUT2D eigenvalue weighted by molar-refractivity contribution is 6.06. The van der Waals surface area contributed by atoms with Crippen LogP contribution in [0.5, 0.6) is 11.5 Å². The number of carbonyl (C=O) groups is 2. The minimum atomic E-state index is -0.651. The van der Waals surface area contributed by atoms with Crippen LogP contribution in [-0.4, -0.2) is 45.8 Å². The smallest absolute Gasteiger partial charge is 0.258 e. The second-order valence-corrected chi connectivity index (χ2v) is 8.48. The number of halogens is 1. The van der Waals surface area contributed by atoms with E-state index in [0.717, 1.165) is 30.6 Å². The Labute approximate surface area is 210 Å². The summed E-state index contributed by atoms with van der Waals surface area (Å²) in [6, 6.07) is 17.8. The van der Waals surface area contributed by atoms with Crippen molar-refractivity contribution in [1.29, 1.82) is 0 Å². The van der Waals surface area contributed by atoms with Crippen molar-refractivity contribution in [2.45, 2.75) is 19.5 Å². The Morgan fingerprint density at radius 2 is 1.81 bits per heavy atom. The van der Waals surface area contributed by atoms with E-state index in [1.165, 1.54) is 24.7 Å². The van der Waals surface area contributed by atoms with Gasteiger partial charge in [0.15, 0.2) is 11.5 Å². The lowest BCUT2D eigenvalue weighted by atomic mass is 10.00. The van der Waals surface area contributed by atoms with Crippen molar-refractivity contribution in [1.82, 2.24) is 10.6 Å². The van der Waals surface area contributed by atoms with Crippen LogP contribution >= 0.6 is 0 Å². The van der Waals surface area contributed by atoms with Crippen LogP contribution in [0.25, 0.3) is 0 Å². The van der Waals surface area contributed by atoms with Gasteiger partial charge in [-0.05, 0) is 72.1 Å². The maximum Gasteiger partial charge on any atom is 0.258 e. The second-order valence-electron chi connectivity index (χ2n) is 8.48. The maximum atomic E-state index is 13.4. The summed E-state index contributed by atoms with van der Waals surface area (Å²) in [5, 5.41) is 6.19. The zero-order valence-electron chi connectivity index (χ0n) is 20.5. The van der Waals surface area contributed by atoms with E-state index in [2.05, 4.69) is 10.6 Å². The van der Waals surface area contributed by atoms with Crippen molar-refractivity contribution in [3.8, 4) is 11.5 Å². The number of fused-ring (bicyclic) bond motifs is 1. The summed E-state index contributed by atoms with van der Waals surface area (Å²) < 4.78 is 23.9. The summed E-state index contributed by atoms with van der Waals surface area (Å²) in [6.07, 6.45) is 0.934. The molecular formula is C28H30FN3O4. The molecule has 4 rings (SSSR count). The molecule has 0 aliphatic carbocycles. The van der Waals surface area contributed by atoms with Gasteiger partial charge in [-0.3, -0.25) is 9.59 Å². The van der Waals surface area contributed by atoms with Crippen molar-refractivity contribution in [3.05, 3.63) is 88.5 Å². The van der Waals surface area contributed by atoms with E-state index in [1.54, 1.807) is 36.4 Å². The minimum Gasteiger partial charge on any atom is -0.493 e. The van der Waals surface area contributed by atoms with E-state index in [0.29, 0.717) is 28.3 Å². The van der Waals surface area contributed by atoms with Crippen molar-refractivity contribution in [3.63, 3.8) is 0 Å². The predicted molar refractivity (Wildman–Crippen MR) is 137 cm³/mol. The molecule has 36 heavy (non-hydrogen) atoms. The molecule has 0 saturated heterocycles. The van der Waals surface area contributed by atoms with Gasteiger partial charge in [0.05, 0.1) is 20.8 Å². The highest BCUT2D eigenvalue weighted by Crippen LogP contribution is 2.27. The van der Waals surface area contributed by atoms with Gasteiger partial charge in [0, 0.05) is 29.9 Å². The zero-order valence-corrected chi connectivity index (χ0v) is 20.5. The third-order valence-corrected chi connectivity index (χ3v) is 6.21. The van der Waals surface area contributed by atoms with Gasteiger partial charge in [-0.25, -0.2) is 4.39 Å². The van der Waals surface area contributed by atoms with Crippen LogP contribution in [0.1, 0.15) is 37.4 Å². The van der Waals surface area contributed by atoms with E-state index in [-0.39, 0.29) is 24.9 Å². The van der Waals surface area contributed by atoms with Crippen LogP contribution in [-0.2, 0) is 19.5 Å². The number of alkyl halides is 1. The normalized spacial score (nSPS) is 12.4. The fourth-order valence-electron chi connectivity index (χ4n) is 4.30. The molecule has 3 aromatic rings. The number of hydrogen-bond acceptors (Lipinski definition) is 5. The lowest BCUT2D eigenvalue weighted by molar-refractivity contribution is 0.0949. The molecule has 0 fully saturated rings. The number of ether oxygens (including phenoxy) is 2. The predicted octanol–water partition coefficient (Wildman–Crippen LogP) is 3.90. The Kier molecular flexibility index (Phi) is 8.17. The van der Waals surface area contributed by atoms with Gasteiger partial charge in [0.2, 0.25) is 0 Å². The first kappa shape index (κ1) is 25.2. The Morgan fingerprint density at radius 3 is 2.58 bits per heavy atom. The number of nitrogens with zero attached hydrogens (tertiary/aromatic N) is 1. The highest BCUT2D eigenvalue weighted by atomic mass is 19.1. The van der Waals surface area contributed by atoms with Crippen LogP contribution in [0, 0.1) is 0 Å². The summed E-state index contributed by atoms with van der Waals surface area (Å²) in [5.74, 6) is 0.427. The second kappa shape index (κ2) is 11.7. The first-order valence-electron chi connectivity index (χ1n) is 11.8. The van der Waals surface area contributed by atoms with Crippen molar-refractivity contribution >= 4 is 17.5 Å². The molecule has 0 radical (unpaired) electrons. The summed E-state index contributed by atoms with van der Waals surface area (Å²) in [5.41, 5.74) is 4.66. The van der Waals surface area contributed by atoms with Crippen LogP contribution in [0.4, 0.5) is 10.1 Å². The topological polar surface area (TPSA) is 79.9 Å². The number of hydrogen-bond donors (Lipinski definition) is 2. The molecule has 2 amide bonds. The Hall–Kier alpha value is -3.91. The fourth-order valence-corrected chi connectivity index (χ4v) is 4.30. The largest absolute Gasteiger partial charge is 0.493 e. The number of benzene rings is 3. The van der Waals surface area contributed by atoms with Gasteiger partial charge < -0.3 is 25.0 Å². The number of nitrogens with one attached hydrogen (secondary N) is 2. The number of anilines is 1. The number of carbonyl (C=O) groups excluding carboxylic acids is 2. The lowest BCUT2D eigenvalue weighted by Crippen LogP contribution is -2.33. The van der Waals surface area contributed by atoms with Gasteiger partial charge in [-0.15, -0.1) is 0 Å². The average molecular weight is 492 g/mol. The van der Waals surface area contributed by atoms with E-state index >= 15 is 0 Å². The van der Waals surface area contributed by atoms with Gasteiger partial charge >= 0.3 is 0 Å². The molecule has 188 valence electrons. The summed E-state index contributed by atoms with van der Waals surface area (Å²) in [4.78, 5) is 27.5. The van der Waals surface area contributed by atoms with Crippen LogP contribution in [0.3, 0.4) is 0 Å². The third-order valence-electron chi connectivity index (χ3n) is 6.21. The molecule has 1 aliphatic heterocycles. The van der Waals surface area contributed by atoms with E-state index in [9.17, 15) is 14.0 Å². The molecule has 3 aromatic carbocycles. The minimum absolute atomic E-state index is 0.0364. The molecule has 0 spiro atoms. The standard InChI is InChI=1S/C28H30FN3O4/c1-35-25-9-7-21(16-26(25)36-2)27(33)31-17-19-4-3-5-22(14-19)28(34)32(13-11-29)24-8-6-20-10-12-30-18-23(20)15-24/h3-9,14-16,30H,10-13,17-18H2,1-2H3,(H,31,33). The summed E-state index contributed by atoms with van der Waals surface area (Å²) in [6.45, 7) is 1.19. The molecule has 8 heteroatoms. The molecule has 0 saturated carbocycles. The van der Waals surface area contributed by atoms with Crippen molar-refractivity contribution in [2.75, 3.05) is 38.9 Å². The average Bonchev–Trinajstić information content (AvgIpc) is 2.93. The van der Waals surface area contributed by atoms with Crippen LogP contribution in [0.2, 0.25) is 0 Å². The third kappa shape index (κ3) is 5.66. The Balaban J connectivity index is 1.48. The fraction of sp³-hybridized carbons (Fsp3) is 0.286. The SMILES string of the molecule is COc1ccc(C(=O)NCc2cccc(C(=O)N(CCF)c3ccc4c(c3)CNCC4)c2)cc1OC. The Morgan fingerprint density at radius 1 is 0.972 bits per heavy atom.